The molecule has 112 valence electrons. The third kappa shape index (κ3) is 3.88. The maximum atomic E-state index is 11.8. The van der Waals surface area contributed by atoms with Crippen molar-refractivity contribution in [3.05, 3.63) is 49.2 Å². The zero-order valence-corrected chi connectivity index (χ0v) is 12.6. The van der Waals surface area contributed by atoms with E-state index in [4.69, 9.17) is 0 Å². The Kier molecular flexibility index (Phi) is 4.69. The van der Waals surface area contributed by atoms with E-state index in [1.807, 2.05) is 12.3 Å². The highest BCUT2D eigenvalue weighted by molar-refractivity contribution is 7.09. The summed E-state index contributed by atoms with van der Waals surface area (Å²) in [5.74, 6) is -0.275. The fourth-order valence-corrected chi connectivity index (χ4v) is 2.45. The molecule has 0 aliphatic carbocycles. The van der Waals surface area contributed by atoms with Crippen LogP contribution in [0.4, 0.5) is 0 Å². The van der Waals surface area contributed by atoms with Crippen LogP contribution in [-0.2, 0) is 24.8 Å². The first-order valence-corrected chi connectivity index (χ1v) is 7.29. The zero-order chi connectivity index (χ0) is 15.4. The maximum Gasteiger partial charge on any atom is 0.331 e. The Balaban J connectivity index is 1.89. The quantitative estimate of drug-likeness (QED) is 0.819. The molecular weight excluding hydrogens is 292 g/mol. The number of aromatic nitrogens is 3. The summed E-state index contributed by atoms with van der Waals surface area (Å²) in [5, 5.41) is 5.68. The summed E-state index contributed by atoms with van der Waals surface area (Å²) in [6.45, 7) is 2.28. The Morgan fingerprint density at radius 2 is 2.19 bits per heavy atom. The minimum Gasteiger partial charge on any atom is -0.354 e. The number of rotatable bonds is 5. The van der Waals surface area contributed by atoms with Crippen molar-refractivity contribution in [2.24, 2.45) is 7.05 Å². The number of thiazole rings is 1. The topological polar surface area (TPSA) is 86.0 Å². The number of carbonyl (C=O) groups excluding carboxylic acids is 1. The number of carbonyl (C=O) groups is 1. The smallest absolute Gasteiger partial charge is 0.331 e. The van der Waals surface area contributed by atoms with E-state index < -0.39 is 11.2 Å². The van der Waals surface area contributed by atoms with Gasteiger partial charge in [0.15, 0.2) is 0 Å². The highest BCUT2D eigenvalue weighted by atomic mass is 32.1. The van der Waals surface area contributed by atoms with Gasteiger partial charge in [-0.15, -0.1) is 11.3 Å². The largest absolute Gasteiger partial charge is 0.354 e. The second kappa shape index (κ2) is 6.49. The lowest BCUT2D eigenvalue weighted by Crippen LogP contribution is -2.40. The summed E-state index contributed by atoms with van der Waals surface area (Å²) in [5.41, 5.74) is 0.0420. The second-order valence-electron chi connectivity index (χ2n) is 4.58. The van der Waals surface area contributed by atoms with Crippen LogP contribution in [0.2, 0.25) is 0 Å². The highest BCUT2D eigenvalue weighted by Gasteiger charge is 2.07. The van der Waals surface area contributed by atoms with Gasteiger partial charge in [0.1, 0.15) is 6.54 Å². The highest BCUT2D eigenvalue weighted by Crippen LogP contribution is 2.07. The van der Waals surface area contributed by atoms with Gasteiger partial charge >= 0.3 is 5.69 Å². The number of hydrogen-bond acceptors (Lipinski definition) is 5. The molecule has 0 saturated carbocycles. The van der Waals surface area contributed by atoms with E-state index in [1.165, 1.54) is 23.9 Å². The summed E-state index contributed by atoms with van der Waals surface area (Å²) in [7, 11) is 1.38. The molecule has 2 rings (SSSR count). The van der Waals surface area contributed by atoms with Crippen molar-refractivity contribution in [3.8, 4) is 0 Å². The van der Waals surface area contributed by atoms with Gasteiger partial charge in [-0.05, 0) is 6.92 Å². The van der Waals surface area contributed by atoms with Crippen molar-refractivity contribution in [1.29, 1.82) is 0 Å². The van der Waals surface area contributed by atoms with Crippen LogP contribution >= 0.6 is 11.3 Å². The van der Waals surface area contributed by atoms with E-state index in [2.05, 4.69) is 10.3 Å². The van der Waals surface area contributed by atoms with Gasteiger partial charge < -0.3 is 5.32 Å². The lowest BCUT2D eigenvalue weighted by Gasteiger charge is -2.07. The third-order valence-corrected chi connectivity index (χ3v) is 3.77. The molecule has 0 radical (unpaired) electrons. The summed E-state index contributed by atoms with van der Waals surface area (Å²) < 4.78 is 2.16. The van der Waals surface area contributed by atoms with Crippen molar-refractivity contribution in [3.63, 3.8) is 0 Å². The second-order valence-corrected chi connectivity index (χ2v) is 5.64. The lowest BCUT2D eigenvalue weighted by molar-refractivity contribution is -0.121. The third-order valence-electron chi connectivity index (χ3n) is 2.94. The van der Waals surface area contributed by atoms with E-state index in [9.17, 15) is 14.4 Å². The minimum absolute atomic E-state index is 0.108. The molecule has 0 aliphatic heterocycles. The van der Waals surface area contributed by atoms with Crippen molar-refractivity contribution in [2.45, 2.75) is 19.9 Å². The van der Waals surface area contributed by atoms with Gasteiger partial charge in [0.25, 0.3) is 5.56 Å². The van der Waals surface area contributed by atoms with E-state index in [0.717, 1.165) is 15.3 Å². The summed E-state index contributed by atoms with van der Waals surface area (Å²) in [6.07, 6.45) is 1.98. The SMILES string of the molecule is Cc1nc(CCNC(=O)Cn2ccc(=O)n(C)c2=O)cs1. The summed E-state index contributed by atoms with van der Waals surface area (Å²) in [6, 6.07) is 1.26. The van der Waals surface area contributed by atoms with Crippen LogP contribution in [0.25, 0.3) is 0 Å². The predicted octanol–water partition coefficient (Wildman–Crippen LogP) is -0.329. The number of nitrogens with zero attached hydrogens (tertiary/aromatic N) is 3. The van der Waals surface area contributed by atoms with Crippen LogP contribution in [0.1, 0.15) is 10.7 Å². The molecule has 1 N–H and O–H groups in total. The van der Waals surface area contributed by atoms with Gasteiger partial charge in [0.05, 0.1) is 10.7 Å². The van der Waals surface area contributed by atoms with Crippen LogP contribution in [0.15, 0.2) is 27.2 Å². The van der Waals surface area contributed by atoms with Crippen molar-refractivity contribution >= 4 is 17.2 Å². The van der Waals surface area contributed by atoms with E-state index in [1.54, 1.807) is 11.3 Å². The lowest BCUT2D eigenvalue weighted by atomic mass is 10.3. The molecule has 21 heavy (non-hydrogen) atoms. The van der Waals surface area contributed by atoms with Crippen molar-refractivity contribution in [1.82, 2.24) is 19.4 Å². The van der Waals surface area contributed by atoms with Crippen LogP contribution < -0.4 is 16.6 Å². The van der Waals surface area contributed by atoms with Crippen molar-refractivity contribution in [2.75, 3.05) is 6.54 Å². The Morgan fingerprint density at radius 1 is 1.43 bits per heavy atom. The molecule has 0 aliphatic rings. The number of hydrogen-bond donors (Lipinski definition) is 1. The Hall–Kier alpha value is -2.22. The van der Waals surface area contributed by atoms with E-state index in [0.29, 0.717) is 13.0 Å². The first kappa shape index (κ1) is 15.2. The molecule has 0 bridgehead atoms. The van der Waals surface area contributed by atoms with Gasteiger partial charge in [0, 0.05) is 37.7 Å². The van der Waals surface area contributed by atoms with Crippen LogP contribution in [-0.4, -0.2) is 26.6 Å². The fourth-order valence-electron chi connectivity index (χ4n) is 1.80. The fraction of sp³-hybridized carbons (Fsp3) is 0.385. The van der Waals surface area contributed by atoms with Gasteiger partial charge in [-0.2, -0.15) is 0 Å². The van der Waals surface area contributed by atoms with Gasteiger partial charge in [0.2, 0.25) is 5.91 Å². The molecule has 7 nitrogen and oxygen atoms in total. The van der Waals surface area contributed by atoms with Crippen LogP contribution in [0, 0.1) is 6.92 Å². The molecule has 2 aromatic rings. The van der Waals surface area contributed by atoms with Gasteiger partial charge in [-0.1, -0.05) is 0 Å². The molecule has 0 aromatic carbocycles. The number of aryl methyl sites for hydroxylation is 1. The molecule has 2 heterocycles. The zero-order valence-electron chi connectivity index (χ0n) is 11.8. The molecule has 0 fully saturated rings. The predicted molar refractivity (Wildman–Crippen MR) is 79.5 cm³/mol. The van der Waals surface area contributed by atoms with Gasteiger partial charge in [-0.3, -0.25) is 18.7 Å². The average Bonchev–Trinajstić information content (AvgIpc) is 2.85. The monoisotopic (exact) mass is 308 g/mol. The molecule has 1 amide bonds. The number of amides is 1. The molecular formula is C13H16N4O3S. The van der Waals surface area contributed by atoms with Crippen LogP contribution in [0.5, 0.6) is 0 Å². The maximum absolute atomic E-state index is 11.8. The number of nitrogens with one attached hydrogen (secondary N) is 1. The van der Waals surface area contributed by atoms with E-state index in [-0.39, 0.29) is 12.5 Å². The van der Waals surface area contributed by atoms with Gasteiger partial charge in [-0.25, -0.2) is 9.78 Å². The molecule has 0 unspecified atom stereocenters. The normalized spacial score (nSPS) is 10.6. The summed E-state index contributed by atoms with van der Waals surface area (Å²) >= 11 is 1.57. The first-order valence-electron chi connectivity index (χ1n) is 6.41. The Bertz CT molecular complexity index is 759. The van der Waals surface area contributed by atoms with Crippen molar-refractivity contribution < 1.29 is 4.79 Å². The molecule has 0 atom stereocenters. The molecule has 8 heteroatoms. The Labute approximate surface area is 124 Å². The molecule has 0 saturated heterocycles. The van der Waals surface area contributed by atoms with Crippen LogP contribution in [0.3, 0.4) is 0 Å². The molecule has 2 aromatic heterocycles. The first-order chi connectivity index (χ1) is 9.97. The molecule has 0 spiro atoms. The Morgan fingerprint density at radius 3 is 2.86 bits per heavy atom. The standard InChI is InChI=1S/C13H16N4O3S/c1-9-15-10(8-21-9)3-5-14-11(18)7-17-6-4-12(19)16(2)13(17)20/h4,6,8H,3,5,7H2,1-2H3,(H,14,18). The minimum atomic E-state index is -0.507. The average molecular weight is 308 g/mol. The summed E-state index contributed by atoms with van der Waals surface area (Å²) in [4.78, 5) is 39.1. The van der Waals surface area contributed by atoms with E-state index >= 15 is 0 Å².